The van der Waals surface area contributed by atoms with Crippen LogP contribution >= 0.6 is 15.9 Å². The third kappa shape index (κ3) is 4.08. The van der Waals surface area contributed by atoms with Crippen LogP contribution < -0.4 is 5.32 Å². The van der Waals surface area contributed by atoms with Gasteiger partial charge in [0.25, 0.3) is 0 Å². The van der Waals surface area contributed by atoms with E-state index >= 15 is 0 Å². The first-order valence-electron chi connectivity index (χ1n) is 6.86. The van der Waals surface area contributed by atoms with Gasteiger partial charge in [-0.25, -0.2) is 0 Å². The molecule has 1 heterocycles. The third-order valence-electron chi connectivity index (χ3n) is 3.59. The maximum Gasteiger partial charge on any atom is 0.0506 e. The van der Waals surface area contributed by atoms with E-state index < -0.39 is 0 Å². The summed E-state index contributed by atoms with van der Waals surface area (Å²) in [6.07, 6.45) is 3.63. The van der Waals surface area contributed by atoms with Crippen LogP contribution in [0, 0.1) is 5.92 Å². The van der Waals surface area contributed by atoms with E-state index in [0.29, 0.717) is 12.0 Å². The van der Waals surface area contributed by atoms with Crippen LogP contribution in [0.5, 0.6) is 0 Å². The van der Waals surface area contributed by atoms with Crippen LogP contribution in [0.1, 0.15) is 37.8 Å². The van der Waals surface area contributed by atoms with Gasteiger partial charge in [0.05, 0.1) is 6.61 Å². The molecule has 2 nitrogen and oxygen atoms in total. The van der Waals surface area contributed by atoms with Gasteiger partial charge in [-0.2, -0.15) is 0 Å². The third-order valence-corrected chi connectivity index (χ3v) is 4.12. The van der Waals surface area contributed by atoms with Crippen LogP contribution in [0.4, 0.5) is 0 Å². The molecule has 1 aliphatic rings. The summed E-state index contributed by atoms with van der Waals surface area (Å²) < 4.78 is 6.66. The highest BCUT2D eigenvalue weighted by Gasteiger charge is 2.16. The smallest absolute Gasteiger partial charge is 0.0506 e. The Balaban J connectivity index is 1.86. The zero-order valence-electron chi connectivity index (χ0n) is 11.0. The molecule has 100 valence electrons. The van der Waals surface area contributed by atoms with E-state index in [1.54, 1.807) is 0 Å². The molecule has 1 aromatic carbocycles. The molecule has 0 bridgehead atoms. The van der Waals surface area contributed by atoms with Gasteiger partial charge in [0.1, 0.15) is 0 Å². The lowest BCUT2D eigenvalue weighted by molar-refractivity contribution is 0.0537. The largest absolute Gasteiger partial charge is 0.381 e. The minimum Gasteiger partial charge on any atom is -0.381 e. The molecular formula is C15H22BrNO. The molecule has 2 unspecified atom stereocenters. The van der Waals surface area contributed by atoms with E-state index in [2.05, 4.69) is 52.4 Å². The van der Waals surface area contributed by atoms with E-state index in [0.717, 1.165) is 30.7 Å². The number of hydrogen-bond donors (Lipinski definition) is 1. The van der Waals surface area contributed by atoms with Crippen molar-refractivity contribution in [3.05, 3.63) is 34.3 Å². The number of nitrogens with one attached hydrogen (secondary N) is 1. The maximum atomic E-state index is 5.52. The minimum atomic E-state index is 0.458. The van der Waals surface area contributed by atoms with Crippen molar-refractivity contribution >= 4 is 15.9 Å². The summed E-state index contributed by atoms with van der Waals surface area (Å²) in [6, 6.07) is 9.08. The molecule has 3 heteroatoms. The molecule has 0 aromatic heterocycles. The van der Waals surface area contributed by atoms with E-state index in [-0.39, 0.29) is 0 Å². The van der Waals surface area contributed by atoms with Gasteiger partial charge in [0.15, 0.2) is 0 Å². The van der Waals surface area contributed by atoms with Gasteiger partial charge < -0.3 is 10.1 Å². The zero-order chi connectivity index (χ0) is 12.8. The highest BCUT2D eigenvalue weighted by molar-refractivity contribution is 9.10. The van der Waals surface area contributed by atoms with Crippen molar-refractivity contribution in [1.29, 1.82) is 0 Å². The van der Waals surface area contributed by atoms with Gasteiger partial charge in [-0.3, -0.25) is 0 Å². The Morgan fingerprint density at radius 3 is 2.78 bits per heavy atom. The Kier molecular flexibility index (Phi) is 5.67. The fourth-order valence-electron chi connectivity index (χ4n) is 2.47. The molecule has 1 saturated heterocycles. The Morgan fingerprint density at radius 1 is 1.39 bits per heavy atom. The van der Waals surface area contributed by atoms with Crippen molar-refractivity contribution in [2.75, 3.05) is 19.8 Å². The Bertz CT molecular complexity index is 346. The molecule has 0 spiro atoms. The van der Waals surface area contributed by atoms with Crippen molar-refractivity contribution in [3.63, 3.8) is 0 Å². The Morgan fingerprint density at radius 2 is 2.17 bits per heavy atom. The second-order valence-corrected chi connectivity index (χ2v) is 5.92. The van der Waals surface area contributed by atoms with Gasteiger partial charge in [-0.15, -0.1) is 0 Å². The number of benzene rings is 1. The fourth-order valence-corrected chi connectivity index (χ4v) is 2.73. The SMILES string of the molecule is CCC(NCC1CCCOC1)c1ccc(Br)cc1. The lowest BCUT2D eigenvalue weighted by Gasteiger charge is -2.25. The van der Waals surface area contributed by atoms with Crippen LogP contribution in [-0.4, -0.2) is 19.8 Å². The first-order valence-corrected chi connectivity index (χ1v) is 7.65. The number of ether oxygens (including phenoxy) is 1. The summed E-state index contributed by atoms with van der Waals surface area (Å²) in [7, 11) is 0. The van der Waals surface area contributed by atoms with Crippen LogP contribution in [0.3, 0.4) is 0 Å². The number of halogens is 1. The summed E-state index contributed by atoms with van der Waals surface area (Å²) in [5.41, 5.74) is 1.37. The molecule has 1 aromatic rings. The second-order valence-electron chi connectivity index (χ2n) is 5.00. The standard InChI is InChI=1S/C15H22BrNO/c1-2-15(13-5-7-14(16)8-6-13)17-10-12-4-3-9-18-11-12/h5-8,12,15,17H,2-4,9-11H2,1H3. The monoisotopic (exact) mass is 311 g/mol. The Labute approximate surface area is 118 Å². The molecule has 0 amide bonds. The van der Waals surface area contributed by atoms with Crippen LogP contribution in [0.25, 0.3) is 0 Å². The van der Waals surface area contributed by atoms with Crippen LogP contribution in [0.2, 0.25) is 0 Å². The summed E-state index contributed by atoms with van der Waals surface area (Å²) in [5, 5.41) is 3.68. The molecule has 2 rings (SSSR count). The Hall–Kier alpha value is -0.380. The maximum absolute atomic E-state index is 5.52. The summed E-state index contributed by atoms with van der Waals surface area (Å²) >= 11 is 3.48. The second kappa shape index (κ2) is 7.27. The normalized spacial score (nSPS) is 21.8. The molecule has 0 radical (unpaired) electrons. The average molecular weight is 312 g/mol. The van der Waals surface area contributed by atoms with Crippen molar-refractivity contribution < 1.29 is 4.74 Å². The van der Waals surface area contributed by atoms with Gasteiger partial charge >= 0.3 is 0 Å². The van der Waals surface area contributed by atoms with Crippen molar-refractivity contribution in [3.8, 4) is 0 Å². The van der Waals surface area contributed by atoms with Crippen molar-refractivity contribution in [2.45, 2.75) is 32.2 Å². The topological polar surface area (TPSA) is 21.3 Å². The van der Waals surface area contributed by atoms with Crippen molar-refractivity contribution in [1.82, 2.24) is 5.32 Å². The number of rotatable bonds is 5. The minimum absolute atomic E-state index is 0.458. The molecular weight excluding hydrogens is 290 g/mol. The van der Waals surface area contributed by atoms with Crippen LogP contribution in [-0.2, 0) is 4.74 Å². The fraction of sp³-hybridized carbons (Fsp3) is 0.600. The van der Waals surface area contributed by atoms with E-state index in [1.807, 2.05) is 0 Å². The van der Waals surface area contributed by atoms with Gasteiger partial charge in [0.2, 0.25) is 0 Å². The molecule has 0 saturated carbocycles. The average Bonchev–Trinajstić information content (AvgIpc) is 2.42. The molecule has 0 aliphatic carbocycles. The van der Waals surface area contributed by atoms with E-state index in [4.69, 9.17) is 4.74 Å². The lowest BCUT2D eigenvalue weighted by Crippen LogP contribution is -2.31. The highest BCUT2D eigenvalue weighted by Crippen LogP contribution is 2.20. The van der Waals surface area contributed by atoms with E-state index in [1.165, 1.54) is 18.4 Å². The first-order chi connectivity index (χ1) is 8.79. The highest BCUT2D eigenvalue weighted by atomic mass is 79.9. The summed E-state index contributed by atoms with van der Waals surface area (Å²) in [6.45, 7) is 5.16. The number of hydrogen-bond acceptors (Lipinski definition) is 2. The quantitative estimate of drug-likeness (QED) is 0.890. The lowest BCUT2D eigenvalue weighted by atomic mass is 10.00. The molecule has 1 N–H and O–H groups in total. The van der Waals surface area contributed by atoms with Crippen LogP contribution in [0.15, 0.2) is 28.7 Å². The van der Waals surface area contributed by atoms with Gasteiger partial charge in [-0.1, -0.05) is 35.0 Å². The summed E-state index contributed by atoms with van der Waals surface area (Å²) in [4.78, 5) is 0. The molecule has 18 heavy (non-hydrogen) atoms. The summed E-state index contributed by atoms with van der Waals surface area (Å²) in [5.74, 6) is 0.684. The predicted octanol–water partition coefficient (Wildman–Crippen LogP) is 3.92. The van der Waals surface area contributed by atoms with Gasteiger partial charge in [-0.05, 0) is 42.9 Å². The predicted molar refractivity (Wildman–Crippen MR) is 78.7 cm³/mol. The molecule has 1 fully saturated rings. The molecule has 2 atom stereocenters. The molecule has 1 aliphatic heterocycles. The van der Waals surface area contributed by atoms with Crippen molar-refractivity contribution in [2.24, 2.45) is 5.92 Å². The zero-order valence-corrected chi connectivity index (χ0v) is 12.6. The first kappa shape index (κ1) is 14.0. The van der Waals surface area contributed by atoms with Gasteiger partial charge in [0, 0.05) is 23.7 Å². The van der Waals surface area contributed by atoms with E-state index in [9.17, 15) is 0 Å².